The number of aromatic nitrogens is 2. The molecule has 0 spiro atoms. The van der Waals surface area contributed by atoms with Gasteiger partial charge in [0.25, 0.3) is 0 Å². The number of hydrogen-bond acceptors (Lipinski definition) is 6. The molecule has 2 aromatic carbocycles. The molecule has 1 aliphatic rings. The molecule has 0 saturated heterocycles. The highest BCUT2D eigenvalue weighted by Crippen LogP contribution is 2.23. The quantitative estimate of drug-likeness (QED) is 0.520. The zero-order chi connectivity index (χ0) is 21.8. The molecule has 2 heterocycles. The van der Waals surface area contributed by atoms with Crippen molar-refractivity contribution in [2.75, 3.05) is 19.0 Å². The van der Waals surface area contributed by atoms with E-state index in [0.717, 1.165) is 46.1 Å². The highest BCUT2D eigenvalue weighted by atomic mass is 16.5. The lowest BCUT2D eigenvalue weighted by Gasteiger charge is -2.19. The summed E-state index contributed by atoms with van der Waals surface area (Å²) in [5.74, 6) is 1.56. The number of imidazole rings is 1. The minimum Gasteiger partial charge on any atom is -0.497 e. The van der Waals surface area contributed by atoms with Crippen molar-refractivity contribution in [1.82, 2.24) is 9.55 Å². The molecule has 1 unspecified atom stereocenters. The van der Waals surface area contributed by atoms with Crippen LogP contribution in [0.25, 0.3) is 11.0 Å². The average Bonchev–Trinajstić information content (AvgIpc) is 3.13. The predicted molar refractivity (Wildman–Crippen MR) is 123 cm³/mol. The van der Waals surface area contributed by atoms with E-state index in [-0.39, 0.29) is 6.61 Å². The summed E-state index contributed by atoms with van der Waals surface area (Å²) in [7, 11) is 1.66. The first-order valence-electron chi connectivity index (χ1n) is 10.5. The number of nitrogens with zero attached hydrogens (tertiary/aromatic N) is 3. The zero-order valence-electron chi connectivity index (χ0n) is 17.9. The number of allylic oxidation sites excluding steroid dienone is 1. The Balaban J connectivity index is 1.58. The number of nitrogens with one attached hydrogen (secondary N) is 1. The van der Waals surface area contributed by atoms with Crippen molar-refractivity contribution in [3.63, 3.8) is 0 Å². The minimum atomic E-state index is -0.593. The Morgan fingerprint density at radius 2 is 1.94 bits per heavy atom. The van der Waals surface area contributed by atoms with Gasteiger partial charge in [-0.2, -0.15) is 0 Å². The van der Waals surface area contributed by atoms with E-state index in [4.69, 9.17) is 9.72 Å². The second kappa shape index (κ2) is 9.32. The predicted octanol–water partition coefficient (Wildman–Crippen LogP) is 3.30. The zero-order valence-corrected chi connectivity index (χ0v) is 17.9. The van der Waals surface area contributed by atoms with Crippen LogP contribution in [0.15, 0.2) is 59.2 Å². The van der Waals surface area contributed by atoms with Gasteiger partial charge in [-0.15, -0.1) is 0 Å². The van der Waals surface area contributed by atoms with E-state index in [1.165, 1.54) is 5.56 Å². The Bertz CT molecular complexity index is 1120. The van der Waals surface area contributed by atoms with E-state index in [9.17, 15) is 10.2 Å². The summed E-state index contributed by atoms with van der Waals surface area (Å²) in [5, 5.41) is 23.4. The molecular formula is C24H28N4O3. The molecular weight excluding hydrogens is 392 g/mol. The number of aliphatic imine (C=N–C) groups is 1. The molecule has 0 bridgehead atoms. The van der Waals surface area contributed by atoms with Gasteiger partial charge in [0.15, 0.2) is 0 Å². The summed E-state index contributed by atoms with van der Waals surface area (Å²) in [5.41, 5.74) is 5.40. The molecule has 0 saturated carbocycles. The van der Waals surface area contributed by atoms with Crippen LogP contribution in [-0.4, -0.2) is 45.2 Å². The minimum absolute atomic E-state index is 0.0293. The fraction of sp³-hybridized carbons (Fsp3) is 0.333. The van der Waals surface area contributed by atoms with Crippen LogP contribution in [0.5, 0.6) is 5.75 Å². The number of ether oxygens (including phenoxy) is 1. The van der Waals surface area contributed by atoms with Crippen LogP contribution in [0.3, 0.4) is 0 Å². The van der Waals surface area contributed by atoms with E-state index in [1.54, 1.807) is 7.11 Å². The van der Waals surface area contributed by atoms with E-state index in [0.29, 0.717) is 19.5 Å². The lowest BCUT2D eigenvalue weighted by molar-refractivity contribution is 0.239. The molecule has 162 valence electrons. The molecule has 31 heavy (non-hydrogen) atoms. The van der Waals surface area contributed by atoms with E-state index >= 15 is 0 Å². The summed E-state index contributed by atoms with van der Waals surface area (Å²) in [4.78, 5) is 9.32. The Morgan fingerprint density at radius 3 is 2.68 bits per heavy atom. The Hall–Kier alpha value is -3.16. The van der Waals surface area contributed by atoms with Crippen molar-refractivity contribution < 1.29 is 14.9 Å². The summed E-state index contributed by atoms with van der Waals surface area (Å²) in [6, 6.07) is 13.8. The summed E-state index contributed by atoms with van der Waals surface area (Å²) in [6.07, 6.45) is 2.76. The van der Waals surface area contributed by atoms with Crippen LogP contribution in [0, 0.1) is 0 Å². The second-order valence-electron chi connectivity index (χ2n) is 7.73. The Kier molecular flexibility index (Phi) is 6.34. The number of benzene rings is 2. The van der Waals surface area contributed by atoms with E-state index < -0.39 is 6.10 Å². The largest absolute Gasteiger partial charge is 0.497 e. The maximum absolute atomic E-state index is 10.4. The SMILES string of the molecule is COc1ccc(CCNc2nc3cc(CO)ccc3n2CC2=NC(C)=CCC2O)cc1. The second-order valence-corrected chi connectivity index (χ2v) is 7.73. The van der Waals surface area contributed by atoms with Gasteiger partial charge in [0.1, 0.15) is 5.75 Å². The van der Waals surface area contributed by atoms with Gasteiger partial charge in [-0.1, -0.05) is 24.3 Å². The molecule has 0 aliphatic carbocycles. The first-order chi connectivity index (χ1) is 15.1. The van der Waals surface area contributed by atoms with Gasteiger partial charge in [-0.05, 0) is 55.2 Å². The number of hydrogen-bond donors (Lipinski definition) is 3. The first kappa shape index (κ1) is 21.1. The van der Waals surface area contributed by atoms with Gasteiger partial charge >= 0.3 is 0 Å². The van der Waals surface area contributed by atoms with Crippen LogP contribution >= 0.6 is 0 Å². The molecule has 1 aromatic heterocycles. The van der Waals surface area contributed by atoms with Crippen LogP contribution in [0.1, 0.15) is 24.5 Å². The first-order valence-corrected chi connectivity index (χ1v) is 10.5. The molecule has 3 aromatic rings. The normalized spacial score (nSPS) is 16.2. The molecule has 7 heteroatoms. The highest BCUT2D eigenvalue weighted by molar-refractivity contribution is 5.92. The van der Waals surface area contributed by atoms with Gasteiger partial charge in [-0.25, -0.2) is 4.98 Å². The molecule has 4 rings (SSSR count). The van der Waals surface area contributed by atoms with Gasteiger partial charge in [0.2, 0.25) is 5.95 Å². The van der Waals surface area contributed by atoms with Gasteiger partial charge < -0.3 is 24.8 Å². The van der Waals surface area contributed by atoms with Crippen LogP contribution in [-0.2, 0) is 19.6 Å². The maximum Gasteiger partial charge on any atom is 0.204 e. The van der Waals surface area contributed by atoms with Crippen LogP contribution in [0.2, 0.25) is 0 Å². The topological polar surface area (TPSA) is 91.9 Å². The van der Waals surface area contributed by atoms with Crippen molar-refractivity contribution >= 4 is 22.7 Å². The fourth-order valence-electron chi connectivity index (χ4n) is 3.75. The summed E-state index contributed by atoms with van der Waals surface area (Å²) < 4.78 is 7.26. The third-order valence-electron chi connectivity index (χ3n) is 5.51. The van der Waals surface area contributed by atoms with Crippen LogP contribution in [0.4, 0.5) is 5.95 Å². The fourth-order valence-corrected chi connectivity index (χ4v) is 3.75. The number of fused-ring (bicyclic) bond motifs is 1. The van der Waals surface area contributed by atoms with Gasteiger partial charge in [0.05, 0.1) is 43.1 Å². The number of aliphatic hydroxyl groups excluding tert-OH is 2. The molecule has 1 atom stereocenters. The summed E-state index contributed by atoms with van der Waals surface area (Å²) >= 11 is 0. The maximum atomic E-state index is 10.4. The van der Waals surface area contributed by atoms with E-state index in [1.807, 2.05) is 47.9 Å². The van der Waals surface area contributed by atoms with Crippen molar-refractivity contribution in [3.05, 3.63) is 65.4 Å². The number of rotatable bonds is 8. The van der Waals surface area contributed by atoms with Gasteiger partial charge in [0, 0.05) is 12.2 Å². The summed E-state index contributed by atoms with van der Waals surface area (Å²) in [6.45, 7) is 3.07. The van der Waals surface area contributed by atoms with Crippen molar-refractivity contribution in [2.45, 2.75) is 39.0 Å². The number of methoxy groups -OCH3 is 1. The standard InChI is InChI=1S/C24H28N4O3/c1-16-3-10-23(30)21(26-16)14-28-22-9-6-18(15-29)13-20(22)27-24(28)25-12-11-17-4-7-19(31-2)8-5-17/h3-9,13,23,29-30H,10-12,14-15H2,1-2H3,(H,25,27). The Labute approximate surface area is 181 Å². The lowest BCUT2D eigenvalue weighted by Crippen LogP contribution is -2.27. The molecule has 0 amide bonds. The third kappa shape index (κ3) is 4.78. The molecule has 0 fully saturated rings. The van der Waals surface area contributed by atoms with Gasteiger partial charge in [-0.3, -0.25) is 4.99 Å². The third-order valence-corrected chi connectivity index (χ3v) is 5.51. The molecule has 0 radical (unpaired) electrons. The van der Waals surface area contributed by atoms with E-state index in [2.05, 4.69) is 22.4 Å². The smallest absolute Gasteiger partial charge is 0.204 e. The van der Waals surface area contributed by atoms with Crippen molar-refractivity contribution in [3.8, 4) is 5.75 Å². The average molecular weight is 421 g/mol. The number of anilines is 1. The van der Waals surface area contributed by atoms with Crippen molar-refractivity contribution in [2.24, 2.45) is 4.99 Å². The monoisotopic (exact) mass is 420 g/mol. The molecule has 3 N–H and O–H groups in total. The molecule has 1 aliphatic heterocycles. The number of aliphatic hydroxyl groups is 2. The lowest BCUT2D eigenvalue weighted by atomic mass is 10.1. The van der Waals surface area contributed by atoms with Crippen LogP contribution < -0.4 is 10.1 Å². The van der Waals surface area contributed by atoms with Crippen molar-refractivity contribution in [1.29, 1.82) is 0 Å². The molecule has 7 nitrogen and oxygen atoms in total. The Morgan fingerprint density at radius 1 is 1.16 bits per heavy atom. The highest BCUT2D eigenvalue weighted by Gasteiger charge is 2.20.